The molecule has 8 nitrogen and oxygen atoms in total. The van der Waals surface area contributed by atoms with Gasteiger partial charge in [0.25, 0.3) is 0 Å². The van der Waals surface area contributed by atoms with E-state index in [1.807, 2.05) is 49.7 Å². The Labute approximate surface area is 158 Å². The number of aromatic nitrogens is 4. The third kappa shape index (κ3) is 4.52. The summed E-state index contributed by atoms with van der Waals surface area (Å²) >= 11 is 0. The molecule has 3 aromatic heterocycles. The molecule has 2 amide bonds. The summed E-state index contributed by atoms with van der Waals surface area (Å²) in [5, 5.41) is 11.4. The van der Waals surface area contributed by atoms with Crippen LogP contribution in [0.15, 0.2) is 41.2 Å². The Bertz CT molecular complexity index is 902. The van der Waals surface area contributed by atoms with E-state index in [4.69, 9.17) is 4.52 Å². The highest BCUT2D eigenvalue weighted by molar-refractivity contribution is 5.73. The summed E-state index contributed by atoms with van der Waals surface area (Å²) in [6.45, 7) is 6.81. The standard InChI is InChI=1S/C19H24N6O2/c1-13-9-14(2)25(22-13)15(3)11-21-19(26)24(4)12-17-10-18(23-27-17)16-5-7-20-8-6-16/h5-10,15H,11-12H2,1-4H3,(H,21,26). The fourth-order valence-electron chi connectivity index (χ4n) is 2.90. The molecule has 0 fully saturated rings. The Morgan fingerprint density at radius 3 is 2.70 bits per heavy atom. The molecule has 3 rings (SSSR count). The van der Waals surface area contributed by atoms with Crippen LogP contribution in [0.4, 0.5) is 4.79 Å². The predicted molar refractivity (Wildman–Crippen MR) is 101 cm³/mol. The lowest BCUT2D eigenvalue weighted by Gasteiger charge is -2.19. The van der Waals surface area contributed by atoms with E-state index in [-0.39, 0.29) is 12.1 Å². The molecule has 0 aliphatic heterocycles. The number of amides is 2. The molecule has 0 aliphatic carbocycles. The van der Waals surface area contributed by atoms with E-state index in [9.17, 15) is 4.79 Å². The van der Waals surface area contributed by atoms with Gasteiger partial charge in [-0.3, -0.25) is 9.67 Å². The monoisotopic (exact) mass is 368 g/mol. The van der Waals surface area contributed by atoms with Crippen molar-refractivity contribution in [3.63, 3.8) is 0 Å². The smallest absolute Gasteiger partial charge is 0.317 e. The highest BCUT2D eigenvalue weighted by Crippen LogP contribution is 2.18. The average molecular weight is 368 g/mol. The number of pyridine rings is 1. The van der Waals surface area contributed by atoms with Crippen LogP contribution in [0.3, 0.4) is 0 Å². The molecule has 0 radical (unpaired) electrons. The molecule has 8 heteroatoms. The van der Waals surface area contributed by atoms with Gasteiger partial charge in [0, 0.05) is 43.3 Å². The first kappa shape index (κ1) is 18.6. The van der Waals surface area contributed by atoms with E-state index in [1.54, 1.807) is 24.3 Å². The summed E-state index contributed by atoms with van der Waals surface area (Å²) in [6.07, 6.45) is 3.40. The zero-order valence-electron chi connectivity index (χ0n) is 16.0. The van der Waals surface area contributed by atoms with Gasteiger partial charge < -0.3 is 14.7 Å². The molecule has 0 spiro atoms. The second-order valence-corrected chi connectivity index (χ2v) is 6.68. The fraction of sp³-hybridized carbons (Fsp3) is 0.368. The van der Waals surface area contributed by atoms with E-state index in [2.05, 4.69) is 20.6 Å². The Morgan fingerprint density at radius 2 is 2.04 bits per heavy atom. The van der Waals surface area contributed by atoms with Gasteiger partial charge >= 0.3 is 6.03 Å². The van der Waals surface area contributed by atoms with Gasteiger partial charge in [-0.1, -0.05) is 5.16 Å². The SMILES string of the molecule is Cc1cc(C)n(C(C)CNC(=O)N(C)Cc2cc(-c3ccncc3)no2)n1. The van der Waals surface area contributed by atoms with Crippen LogP contribution in [0.25, 0.3) is 11.3 Å². The summed E-state index contributed by atoms with van der Waals surface area (Å²) in [4.78, 5) is 17.9. The van der Waals surface area contributed by atoms with Gasteiger partial charge in [0.15, 0.2) is 5.76 Å². The average Bonchev–Trinajstić information content (AvgIpc) is 3.26. The fourth-order valence-corrected chi connectivity index (χ4v) is 2.90. The predicted octanol–water partition coefficient (Wildman–Crippen LogP) is 2.95. The lowest BCUT2D eigenvalue weighted by atomic mass is 10.2. The number of rotatable bonds is 6. The molecule has 3 heterocycles. The largest absolute Gasteiger partial charge is 0.359 e. The molecule has 1 atom stereocenters. The van der Waals surface area contributed by atoms with Crippen molar-refractivity contribution in [2.75, 3.05) is 13.6 Å². The van der Waals surface area contributed by atoms with Crippen molar-refractivity contribution in [1.82, 2.24) is 30.1 Å². The first-order valence-electron chi connectivity index (χ1n) is 8.81. The molecule has 1 N–H and O–H groups in total. The van der Waals surface area contributed by atoms with Crippen LogP contribution in [0.1, 0.15) is 30.1 Å². The Kier molecular flexibility index (Phi) is 5.54. The molecule has 142 valence electrons. The molecule has 0 saturated heterocycles. The summed E-state index contributed by atoms with van der Waals surface area (Å²) < 4.78 is 7.27. The molecule has 27 heavy (non-hydrogen) atoms. The van der Waals surface area contributed by atoms with E-state index in [0.717, 1.165) is 22.6 Å². The van der Waals surface area contributed by atoms with Gasteiger partial charge in [-0.2, -0.15) is 5.10 Å². The Balaban J connectivity index is 1.53. The lowest BCUT2D eigenvalue weighted by molar-refractivity contribution is 0.199. The van der Waals surface area contributed by atoms with Crippen molar-refractivity contribution in [1.29, 1.82) is 0 Å². The zero-order valence-corrected chi connectivity index (χ0v) is 16.0. The summed E-state index contributed by atoms with van der Waals surface area (Å²) in [5.74, 6) is 0.617. The number of aryl methyl sites for hydroxylation is 2. The first-order chi connectivity index (χ1) is 12.9. The highest BCUT2D eigenvalue weighted by Gasteiger charge is 2.15. The maximum Gasteiger partial charge on any atom is 0.317 e. The van der Waals surface area contributed by atoms with Gasteiger partial charge in [-0.25, -0.2) is 4.79 Å². The maximum absolute atomic E-state index is 12.4. The topological polar surface area (TPSA) is 89.1 Å². The minimum atomic E-state index is -0.176. The third-order valence-electron chi connectivity index (χ3n) is 4.29. The van der Waals surface area contributed by atoms with E-state index < -0.39 is 0 Å². The number of carbonyl (C=O) groups is 1. The van der Waals surface area contributed by atoms with Crippen LogP contribution >= 0.6 is 0 Å². The second-order valence-electron chi connectivity index (χ2n) is 6.68. The zero-order chi connectivity index (χ0) is 19.4. The van der Waals surface area contributed by atoms with Gasteiger partial charge in [0.2, 0.25) is 0 Å². The van der Waals surface area contributed by atoms with Gasteiger partial charge in [0.1, 0.15) is 5.69 Å². The number of nitrogens with zero attached hydrogens (tertiary/aromatic N) is 5. The van der Waals surface area contributed by atoms with E-state index >= 15 is 0 Å². The van der Waals surface area contributed by atoms with Gasteiger partial charge in [-0.15, -0.1) is 0 Å². The van der Waals surface area contributed by atoms with Crippen LogP contribution in [-0.2, 0) is 6.54 Å². The molecular weight excluding hydrogens is 344 g/mol. The van der Waals surface area contributed by atoms with Crippen LogP contribution in [0, 0.1) is 13.8 Å². The molecular formula is C19H24N6O2. The summed E-state index contributed by atoms with van der Waals surface area (Å²) in [7, 11) is 1.72. The first-order valence-corrected chi connectivity index (χ1v) is 8.81. The van der Waals surface area contributed by atoms with Gasteiger partial charge in [0.05, 0.1) is 18.3 Å². The van der Waals surface area contributed by atoms with Crippen molar-refractivity contribution in [3.8, 4) is 11.3 Å². The second kappa shape index (κ2) is 8.03. The number of nitrogens with one attached hydrogen (secondary N) is 1. The quantitative estimate of drug-likeness (QED) is 0.722. The minimum absolute atomic E-state index is 0.0691. The van der Waals surface area contributed by atoms with E-state index in [0.29, 0.717) is 18.8 Å². The lowest BCUT2D eigenvalue weighted by Crippen LogP contribution is -2.39. The number of hydrogen-bond acceptors (Lipinski definition) is 5. The number of urea groups is 1. The normalized spacial score (nSPS) is 12.0. The van der Waals surface area contributed by atoms with Crippen LogP contribution in [0.5, 0.6) is 0 Å². The summed E-state index contributed by atoms with van der Waals surface area (Å²) in [6, 6.07) is 7.47. The highest BCUT2D eigenvalue weighted by atomic mass is 16.5. The van der Waals surface area contributed by atoms with Crippen molar-refractivity contribution in [3.05, 3.63) is 53.8 Å². The molecule has 0 aliphatic rings. The van der Waals surface area contributed by atoms with Crippen LogP contribution < -0.4 is 5.32 Å². The molecule has 3 aromatic rings. The van der Waals surface area contributed by atoms with Crippen LogP contribution in [0.2, 0.25) is 0 Å². The van der Waals surface area contributed by atoms with Crippen molar-refractivity contribution in [2.45, 2.75) is 33.4 Å². The Morgan fingerprint density at radius 1 is 1.30 bits per heavy atom. The minimum Gasteiger partial charge on any atom is -0.359 e. The number of hydrogen-bond donors (Lipinski definition) is 1. The van der Waals surface area contributed by atoms with Crippen molar-refractivity contribution < 1.29 is 9.32 Å². The maximum atomic E-state index is 12.4. The summed E-state index contributed by atoms with van der Waals surface area (Å²) in [5.41, 5.74) is 3.69. The molecule has 0 saturated carbocycles. The van der Waals surface area contributed by atoms with E-state index in [1.165, 1.54) is 0 Å². The van der Waals surface area contributed by atoms with Crippen molar-refractivity contribution in [2.24, 2.45) is 0 Å². The van der Waals surface area contributed by atoms with Crippen molar-refractivity contribution >= 4 is 6.03 Å². The third-order valence-corrected chi connectivity index (χ3v) is 4.29. The van der Waals surface area contributed by atoms with Crippen LogP contribution in [-0.4, -0.2) is 44.4 Å². The number of carbonyl (C=O) groups excluding carboxylic acids is 1. The Hall–Kier alpha value is -3.16. The molecule has 0 aromatic carbocycles. The molecule has 1 unspecified atom stereocenters. The van der Waals surface area contributed by atoms with Gasteiger partial charge in [-0.05, 0) is 39.0 Å². The molecule has 0 bridgehead atoms.